The molecule has 3 rings (SSSR count). The van der Waals surface area contributed by atoms with Gasteiger partial charge >= 0.3 is 0 Å². The van der Waals surface area contributed by atoms with Crippen LogP contribution in [0.3, 0.4) is 0 Å². The Morgan fingerprint density at radius 1 is 1.24 bits per heavy atom. The van der Waals surface area contributed by atoms with Crippen LogP contribution in [0.2, 0.25) is 10.0 Å². The molecule has 138 valence electrons. The fourth-order valence-electron chi connectivity index (χ4n) is 3.31. The Hall–Kier alpha value is -1.01. The Morgan fingerprint density at radius 2 is 2.04 bits per heavy atom. The monoisotopic (exact) mass is 386 g/mol. The average Bonchev–Trinajstić information content (AvgIpc) is 3.17. The lowest BCUT2D eigenvalue weighted by atomic mass is 10.2. The molecule has 0 bridgehead atoms. The van der Waals surface area contributed by atoms with E-state index in [2.05, 4.69) is 4.90 Å². The van der Waals surface area contributed by atoms with E-state index in [1.165, 1.54) is 0 Å². The third-order valence-corrected chi connectivity index (χ3v) is 5.60. The fourth-order valence-corrected chi connectivity index (χ4v) is 3.65. The molecule has 7 heteroatoms. The number of piperazine rings is 1. The highest BCUT2D eigenvalue weighted by atomic mass is 35.5. The van der Waals surface area contributed by atoms with Crippen LogP contribution in [0.25, 0.3) is 0 Å². The summed E-state index contributed by atoms with van der Waals surface area (Å²) in [5.74, 6) is 0.761. The van der Waals surface area contributed by atoms with Gasteiger partial charge in [0.1, 0.15) is 10.8 Å². The normalized spacial score (nSPS) is 21.5. The van der Waals surface area contributed by atoms with Gasteiger partial charge in [-0.3, -0.25) is 9.69 Å². The molecule has 5 nitrogen and oxygen atoms in total. The van der Waals surface area contributed by atoms with Crippen LogP contribution in [0.15, 0.2) is 18.2 Å². The molecule has 1 aromatic carbocycles. The molecule has 0 spiro atoms. The van der Waals surface area contributed by atoms with Gasteiger partial charge in [-0.15, -0.1) is 0 Å². The van der Waals surface area contributed by atoms with Gasteiger partial charge in [0.05, 0.1) is 18.2 Å². The molecule has 0 aromatic heterocycles. The van der Waals surface area contributed by atoms with Gasteiger partial charge in [-0.25, -0.2) is 0 Å². The molecule has 1 amide bonds. The zero-order valence-electron chi connectivity index (χ0n) is 14.3. The minimum atomic E-state index is 0.197. The van der Waals surface area contributed by atoms with Crippen molar-refractivity contribution in [1.29, 1.82) is 0 Å². The number of rotatable bonds is 6. The quantitative estimate of drug-likeness (QED) is 0.704. The molecule has 0 N–H and O–H groups in total. The lowest BCUT2D eigenvalue weighted by Gasteiger charge is -2.37. The average molecular weight is 387 g/mol. The summed E-state index contributed by atoms with van der Waals surface area (Å²) < 4.78 is 11.1. The Morgan fingerprint density at radius 3 is 2.76 bits per heavy atom. The first-order valence-electron chi connectivity index (χ1n) is 8.81. The number of hydrogen-bond donors (Lipinski definition) is 0. The second-order valence-electron chi connectivity index (χ2n) is 6.44. The molecule has 1 aromatic rings. The molecule has 0 aliphatic carbocycles. The van der Waals surface area contributed by atoms with Crippen LogP contribution in [0.4, 0.5) is 0 Å². The maximum atomic E-state index is 12.3. The van der Waals surface area contributed by atoms with Crippen LogP contribution >= 0.6 is 23.2 Å². The number of hydrogen-bond acceptors (Lipinski definition) is 4. The number of amides is 1. The number of carbonyl (C=O) groups excluding carboxylic acids is 1. The summed E-state index contributed by atoms with van der Waals surface area (Å²) >= 11 is 12.0. The van der Waals surface area contributed by atoms with E-state index >= 15 is 0 Å². The second kappa shape index (κ2) is 9.08. The second-order valence-corrected chi connectivity index (χ2v) is 7.22. The molecule has 1 atom stereocenters. The van der Waals surface area contributed by atoms with Crippen molar-refractivity contribution in [2.24, 2.45) is 0 Å². The van der Waals surface area contributed by atoms with E-state index in [-0.39, 0.29) is 5.91 Å². The Labute approximate surface area is 158 Å². The predicted molar refractivity (Wildman–Crippen MR) is 98.6 cm³/mol. The number of halogens is 2. The van der Waals surface area contributed by atoms with Gasteiger partial charge < -0.3 is 14.4 Å². The van der Waals surface area contributed by atoms with Gasteiger partial charge in [-0.2, -0.15) is 0 Å². The summed E-state index contributed by atoms with van der Waals surface area (Å²) in [7, 11) is 0. The molecular weight excluding hydrogens is 363 g/mol. The van der Waals surface area contributed by atoms with E-state index in [0.717, 1.165) is 45.8 Å². The molecule has 25 heavy (non-hydrogen) atoms. The summed E-state index contributed by atoms with van der Waals surface area (Å²) in [6.07, 6.45) is 2.26. The number of nitrogens with zero attached hydrogens (tertiary/aromatic N) is 2. The van der Waals surface area contributed by atoms with Crippen LogP contribution in [-0.2, 0) is 9.53 Å². The topological polar surface area (TPSA) is 42.0 Å². The van der Waals surface area contributed by atoms with Crippen molar-refractivity contribution >= 4 is 29.1 Å². The molecule has 2 aliphatic rings. The van der Waals surface area contributed by atoms with Crippen molar-refractivity contribution < 1.29 is 14.3 Å². The van der Waals surface area contributed by atoms with Crippen LogP contribution in [0, 0.1) is 0 Å². The summed E-state index contributed by atoms with van der Waals surface area (Å²) in [5.41, 5.74) is 0. The highest BCUT2D eigenvalue weighted by Crippen LogP contribution is 2.31. The summed E-state index contributed by atoms with van der Waals surface area (Å²) in [5, 5.41) is 0.892. The summed E-state index contributed by atoms with van der Waals surface area (Å²) in [4.78, 5) is 16.7. The van der Waals surface area contributed by atoms with E-state index < -0.39 is 0 Å². The zero-order chi connectivity index (χ0) is 17.6. The largest absolute Gasteiger partial charge is 0.492 e. The Bertz CT molecular complexity index is 586. The molecule has 2 heterocycles. The van der Waals surface area contributed by atoms with Crippen LogP contribution in [-0.4, -0.2) is 67.7 Å². The highest BCUT2D eigenvalue weighted by molar-refractivity contribution is 6.42. The third kappa shape index (κ3) is 5.00. The molecule has 0 unspecified atom stereocenters. The fraction of sp³-hybridized carbons (Fsp3) is 0.611. The van der Waals surface area contributed by atoms with Crippen molar-refractivity contribution in [3.05, 3.63) is 28.2 Å². The molecule has 2 saturated heterocycles. The molecular formula is C18H24Cl2N2O3. The molecule has 2 fully saturated rings. The lowest BCUT2D eigenvalue weighted by Crippen LogP contribution is -2.52. The van der Waals surface area contributed by atoms with Crippen LogP contribution in [0.1, 0.15) is 19.3 Å². The minimum absolute atomic E-state index is 0.197. The van der Waals surface area contributed by atoms with E-state index in [0.29, 0.717) is 41.3 Å². The number of ether oxygens (including phenoxy) is 2. The number of carbonyl (C=O) groups is 1. The SMILES string of the molecule is O=C(CCCOc1cccc(Cl)c1Cl)N1CCN([C@@H]2CCOC2)CC1. The van der Waals surface area contributed by atoms with Gasteiger partial charge in [0.2, 0.25) is 5.91 Å². The van der Waals surface area contributed by atoms with Crippen molar-refractivity contribution in [3.63, 3.8) is 0 Å². The summed E-state index contributed by atoms with van der Waals surface area (Å²) in [6.45, 7) is 5.62. The van der Waals surface area contributed by atoms with Gasteiger partial charge in [0.15, 0.2) is 0 Å². The van der Waals surface area contributed by atoms with E-state index in [9.17, 15) is 4.79 Å². The van der Waals surface area contributed by atoms with Crippen molar-refractivity contribution in [2.75, 3.05) is 46.0 Å². The van der Waals surface area contributed by atoms with Crippen LogP contribution < -0.4 is 4.74 Å². The maximum Gasteiger partial charge on any atom is 0.222 e. The Kier molecular flexibility index (Phi) is 6.82. The first-order valence-corrected chi connectivity index (χ1v) is 9.57. The third-order valence-electron chi connectivity index (χ3n) is 4.80. The van der Waals surface area contributed by atoms with Gasteiger partial charge in [0.25, 0.3) is 0 Å². The lowest BCUT2D eigenvalue weighted by molar-refractivity contribution is -0.133. The number of benzene rings is 1. The van der Waals surface area contributed by atoms with Gasteiger partial charge in [-0.05, 0) is 25.0 Å². The van der Waals surface area contributed by atoms with Gasteiger partial charge in [-0.1, -0.05) is 29.3 Å². The van der Waals surface area contributed by atoms with E-state index in [1.54, 1.807) is 18.2 Å². The molecule has 2 aliphatic heterocycles. The van der Waals surface area contributed by atoms with Crippen LogP contribution in [0.5, 0.6) is 5.75 Å². The van der Waals surface area contributed by atoms with E-state index in [4.69, 9.17) is 32.7 Å². The molecule has 0 saturated carbocycles. The summed E-state index contributed by atoms with van der Waals surface area (Å²) in [6, 6.07) is 5.83. The van der Waals surface area contributed by atoms with Crippen molar-refractivity contribution in [3.8, 4) is 5.75 Å². The highest BCUT2D eigenvalue weighted by Gasteiger charge is 2.28. The van der Waals surface area contributed by atoms with Crippen molar-refractivity contribution in [2.45, 2.75) is 25.3 Å². The zero-order valence-corrected chi connectivity index (χ0v) is 15.8. The van der Waals surface area contributed by atoms with Crippen molar-refractivity contribution in [1.82, 2.24) is 9.80 Å². The molecule has 0 radical (unpaired) electrons. The smallest absolute Gasteiger partial charge is 0.222 e. The standard InChI is InChI=1S/C18H24Cl2N2O3/c19-15-3-1-4-16(18(15)20)25-11-2-5-17(23)22-9-7-21(8-10-22)14-6-12-24-13-14/h1,3-4,14H,2,5-13H2/t14-/m1/s1. The maximum absolute atomic E-state index is 12.3. The van der Waals surface area contributed by atoms with E-state index in [1.807, 2.05) is 4.90 Å². The van der Waals surface area contributed by atoms with Gasteiger partial charge in [0, 0.05) is 45.2 Å². The minimum Gasteiger partial charge on any atom is -0.492 e. The predicted octanol–water partition coefficient (Wildman–Crippen LogP) is 3.09. The first-order chi connectivity index (χ1) is 12.1. The first kappa shape index (κ1) is 18.8. The Balaban J connectivity index is 1.35.